The van der Waals surface area contributed by atoms with Gasteiger partial charge in [-0.15, -0.1) is 0 Å². The average Bonchev–Trinajstić information content (AvgIpc) is 3.33. The molecule has 1 aromatic carbocycles. The summed E-state index contributed by atoms with van der Waals surface area (Å²) in [6.45, 7) is 5.98. The SMILES string of the molecule is Cc1cc(C(=O)NCc2ccccn2)nc2c(C(F)(F)F)cc(C3CC3(C)C)cc12. The highest BCUT2D eigenvalue weighted by molar-refractivity contribution is 5.97. The Labute approximate surface area is 172 Å². The van der Waals surface area contributed by atoms with Gasteiger partial charge in [-0.2, -0.15) is 13.2 Å². The molecule has 7 heteroatoms. The van der Waals surface area contributed by atoms with E-state index in [1.165, 1.54) is 12.1 Å². The maximum absolute atomic E-state index is 13.9. The van der Waals surface area contributed by atoms with E-state index in [2.05, 4.69) is 29.1 Å². The molecule has 1 fully saturated rings. The molecule has 1 saturated carbocycles. The molecule has 3 aromatic rings. The van der Waals surface area contributed by atoms with Gasteiger partial charge in [0.25, 0.3) is 5.91 Å². The van der Waals surface area contributed by atoms with Gasteiger partial charge >= 0.3 is 6.18 Å². The second-order valence-electron chi connectivity index (χ2n) is 8.54. The van der Waals surface area contributed by atoms with Gasteiger partial charge in [0, 0.05) is 11.6 Å². The number of benzene rings is 1. The monoisotopic (exact) mass is 413 g/mol. The number of carbonyl (C=O) groups is 1. The maximum atomic E-state index is 13.9. The number of hydrogen-bond donors (Lipinski definition) is 1. The number of pyridine rings is 2. The molecule has 2 aromatic heterocycles. The molecule has 2 heterocycles. The topological polar surface area (TPSA) is 54.9 Å². The summed E-state index contributed by atoms with van der Waals surface area (Å²) in [5.74, 6) is -0.435. The number of aryl methyl sites for hydroxylation is 1. The Morgan fingerprint density at radius 3 is 2.57 bits per heavy atom. The zero-order valence-corrected chi connectivity index (χ0v) is 17.0. The predicted octanol–water partition coefficient (Wildman–Crippen LogP) is 5.40. The Kier molecular flexibility index (Phi) is 4.79. The minimum atomic E-state index is -4.56. The van der Waals surface area contributed by atoms with Crippen molar-refractivity contribution in [2.45, 2.75) is 45.8 Å². The summed E-state index contributed by atoms with van der Waals surface area (Å²) >= 11 is 0. The largest absolute Gasteiger partial charge is 0.418 e. The number of amides is 1. The van der Waals surface area contributed by atoms with E-state index in [4.69, 9.17) is 0 Å². The third-order valence-electron chi connectivity index (χ3n) is 5.75. The van der Waals surface area contributed by atoms with Crippen LogP contribution in [0.25, 0.3) is 10.9 Å². The van der Waals surface area contributed by atoms with Crippen molar-refractivity contribution in [2.75, 3.05) is 0 Å². The molecule has 4 rings (SSSR count). The zero-order valence-electron chi connectivity index (χ0n) is 17.0. The first kappa shape index (κ1) is 20.3. The molecule has 1 aliphatic rings. The van der Waals surface area contributed by atoms with Crippen LogP contribution in [0.1, 0.15) is 59.1 Å². The van der Waals surface area contributed by atoms with Gasteiger partial charge in [0.2, 0.25) is 0 Å². The summed E-state index contributed by atoms with van der Waals surface area (Å²) in [7, 11) is 0. The second-order valence-corrected chi connectivity index (χ2v) is 8.54. The fourth-order valence-corrected chi connectivity index (χ4v) is 3.85. The zero-order chi connectivity index (χ0) is 21.7. The number of nitrogens with one attached hydrogen (secondary N) is 1. The molecule has 0 spiro atoms. The van der Waals surface area contributed by atoms with Gasteiger partial charge in [-0.25, -0.2) is 4.98 Å². The molecule has 1 aliphatic carbocycles. The van der Waals surface area contributed by atoms with E-state index in [1.807, 2.05) is 0 Å². The van der Waals surface area contributed by atoms with Crippen molar-refractivity contribution in [2.24, 2.45) is 5.41 Å². The molecule has 0 saturated heterocycles. The van der Waals surface area contributed by atoms with E-state index in [1.54, 1.807) is 37.4 Å². The summed E-state index contributed by atoms with van der Waals surface area (Å²) in [5.41, 5.74) is 0.902. The Morgan fingerprint density at radius 1 is 1.23 bits per heavy atom. The van der Waals surface area contributed by atoms with Crippen LogP contribution in [0.4, 0.5) is 13.2 Å². The van der Waals surface area contributed by atoms with Crippen LogP contribution >= 0.6 is 0 Å². The van der Waals surface area contributed by atoms with Crippen LogP contribution < -0.4 is 5.32 Å². The Balaban J connectivity index is 1.73. The van der Waals surface area contributed by atoms with Gasteiger partial charge < -0.3 is 5.32 Å². The fraction of sp³-hybridized carbons (Fsp3) is 0.348. The fourth-order valence-electron chi connectivity index (χ4n) is 3.85. The first-order valence-corrected chi connectivity index (χ1v) is 9.77. The molecule has 1 atom stereocenters. The van der Waals surface area contributed by atoms with Crippen LogP contribution in [-0.2, 0) is 12.7 Å². The minimum absolute atomic E-state index is 0.00315. The van der Waals surface area contributed by atoms with Crippen molar-refractivity contribution in [3.63, 3.8) is 0 Å². The van der Waals surface area contributed by atoms with Gasteiger partial charge in [0.05, 0.1) is 23.3 Å². The summed E-state index contributed by atoms with van der Waals surface area (Å²) in [5, 5.41) is 3.10. The lowest BCUT2D eigenvalue weighted by molar-refractivity contribution is -0.136. The number of aromatic nitrogens is 2. The molecule has 1 amide bonds. The number of carbonyl (C=O) groups excluding carboxylic acids is 1. The van der Waals surface area contributed by atoms with Crippen LogP contribution in [-0.4, -0.2) is 15.9 Å². The lowest BCUT2D eigenvalue weighted by atomic mass is 9.95. The predicted molar refractivity (Wildman–Crippen MR) is 108 cm³/mol. The highest BCUT2D eigenvalue weighted by Gasteiger charge is 2.47. The van der Waals surface area contributed by atoms with E-state index < -0.39 is 17.6 Å². The van der Waals surface area contributed by atoms with Crippen LogP contribution in [0.3, 0.4) is 0 Å². The number of rotatable bonds is 4. The normalized spacial score (nSPS) is 17.7. The third-order valence-corrected chi connectivity index (χ3v) is 5.75. The van der Waals surface area contributed by atoms with Gasteiger partial charge in [0.15, 0.2) is 0 Å². The van der Waals surface area contributed by atoms with Gasteiger partial charge in [0.1, 0.15) is 5.69 Å². The van der Waals surface area contributed by atoms with E-state index >= 15 is 0 Å². The molecule has 4 nitrogen and oxygen atoms in total. The second kappa shape index (κ2) is 7.07. The Hall–Kier alpha value is -2.96. The lowest BCUT2D eigenvalue weighted by Gasteiger charge is -2.16. The van der Waals surface area contributed by atoms with E-state index in [9.17, 15) is 18.0 Å². The lowest BCUT2D eigenvalue weighted by Crippen LogP contribution is -2.24. The third kappa shape index (κ3) is 3.88. The van der Waals surface area contributed by atoms with Crippen molar-refractivity contribution >= 4 is 16.8 Å². The molecular formula is C23H22F3N3O. The number of nitrogens with zero attached hydrogens (tertiary/aromatic N) is 2. The highest BCUT2D eigenvalue weighted by Crippen LogP contribution is 2.59. The molecule has 0 bridgehead atoms. The molecule has 0 aliphatic heterocycles. The van der Waals surface area contributed by atoms with E-state index in [0.717, 1.165) is 6.42 Å². The van der Waals surface area contributed by atoms with Crippen molar-refractivity contribution in [3.05, 3.63) is 70.7 Å². The van der Waals surface area contributed by atoms with Crippen molar-refractivity contribution < 1.29 is 18.0 Å². The Morgan fingerprint density at radius 2 is 1.97 bits per heavy atom. The number of halogens is 3. The van der Waals surface area contributed by atoms with Crippen molar-refractivity contribution in [1.29, 1.82) is 0 Å². The molecule has 156 valence electrons. The van der Waals surface area contributed by atoms with Crippen molar-refractivity contribution in [1.82, 2.24) is 15.3 Å². The maximum Gasteiger partial charge on any atom is 0.418 e. The summed E-state index contributed by atoms with van der Waals surface area (Å²) in [6.07, 6.45) is -2.10. The smallest absolute Gasteiger partial charge is 0.345 e. The van der Waals surface area contributed by atoms with E-state index in [0.29, 0.717) is 22.2 Å². The minimum Gasteiger partial charge on any atom is -0.345 e. The first-order valence-electron chi connectivity index (χ1n) is 9.77. The molecule has 30 heavy (non-hydrogen) atoms. The quantitative estimate of drug-likeness (QED) is 0.623. The molecule has 1 N–H and O–H groups in total. The highest BCUT2D eigenvalue weighted by atomic mass is 19.4. The van der Waals surface area contributed by atoms with Gasteiger partial charge in [-0.3, -0.25) is 9.78 Å². The van der Waals surface area contributed by atoms with Crippen LogP contribution in [0.2, 0.25) is 0 Å². The van der Waals surface area contributed by atoms with Crippen LogP contribution in [0.15, 0.2) is 42.6 Å². The molecular weight excluding hydrogens is 391 g/mol. The standard InChI is InChI=1S/C23H22F3N3O/c1-13-8-19(21(30)28-12-15-6-4-5-7-27-15)29-20-16(13)9-14(18-11-22(18,2)3)10-17(20)23(24,25)26/h4-10,18H,11-12H2,1-3H3,(H,28,30). The average molecular weight is 413 g/mol. The number of alkyl halides is 3. The Bertz CT molecular complexity index is 1120. The van der Waals surface area contributed by atoms with Crippen molar-refractivity contribution in [3.8, 4) is 0 Å². The van der Waals surface area contributed by atoms with Gasteiger partial charge in [-0.05, 0) is 66.1 Å². The van der Waals surface area contributed by atoms with E-state index in [-0.39, 0.29) is 29.1 Å². The number of fused-ring (bicyclic) bond motifs is 1. The van der Waals surface area contributed by atoms with Gasteiger partial charge in [-0.1, -0.05) is 19.9 Å². The molecule has 1 unspecified atom stereocenters. The summed E-state index contributed by atoms with van der Waals surface area (Å²) < 4.78 is 41.6. The molecule has 0 radical (unpaired) electrons. The van der Waals surface area contributed by atoms with Crippen LogP contribution in [0.5, 0.6) is 0 Å². The summed E-state index contributed by atoms with van der Waals surface area (Å²) in [4.78, 5) is 20.8. The first-order chi connectivity index (χ1) is 14.1. The number of hydrogen-bond acceptors (Lipinski definition) is 3. The summed E-state index contributed by atoms with van der Waals surface area (Å²) in [6, 6.07) is 9.84. The van der Waals surface area contributed by atoms with Crippen LogP contribution in [0, 0.1) is 12.3 Å².